The van der Waals surface area contributed by atoms with Gasteiger partial charge in [0.2, 0.25) is 0 Å². The smallest absolute Gasteiger partial charge is 0.0712 e. The second-order valence-electron chi connectivity index (χ2n) is 5.40. The molecular weight excluding hydrogens is 236 g/mol. The van der Waals surface area contributed by atoms with Gasteiger partial charge in [0, 0.05) is 13.1 Å². The molecule has 1 aliphatic rings. The van der Waals surface area contributed by atoms with Crippen molar-refractivity contribution in [2.45, 2.75) is 32.8 Å². The summed E-state index contributed by atoms with van der Waals surface area (Å²) in [5.41, 5.74) is 4.18. The lowest BCUT2D eigenvalue weighted by molar-refractivity contribution is 0.0239. The fourth-order valence-corrected chi connectivity index (χ4v) is 2.38. The summed E-state index contributed by atoms with van der Waals surface area (Å²) >= 11 is 0. The molecule has 1 unspecified atom stereocenters. The van der Waals surface area contributed by atoms with Gasteiger partial charge in [0.05, 0.1) is 12.7 Å². The van der Waals surface area contributed by atoms with Gasteiger partial charge < -0.3 is 15.4 Å². The lowest BCUT2D eigenvalue weighted by Crippen LogP contribution is -2.40. The minimum atomic E-state index is 0.392. The van der Waals surface area contributed by atoms with Crippen LogP contribution >= 0.6 is 0 Å². The molecule has 3 heteroatoms. The molecule has 1 saturated heterocycles. The van der Waals surface area contributed by atoms with Crippen LogP contribution in [0.4, 0.5) is 0 Å². The highest BCUT2D eigenvalue weighted by Gasteiger charge is 2.11. The van der Waals surface area contributed by atoms with Crippen LogP contribution in [0.1, 0.15) is 23.1 Å². The second kappa shape index (κ2) is 7.63. The largest absolute Gasteiger partial charge is 0.376 e. The standard InChI is InChI=1S/C16H26N2O/c1-13-3-4-15(11-14(13)2)5-7-17-8-6-16-12-18-9-10-19-16/h3-4,11,16-18H,5-10,12H2,1-2H3. The molecule has 2 rings (SSSR count). The fourth-order valence-electron chi connectivity index (χ4n) is 2.38. The van der Waals surface area contributed by atoms with Gasteiger partial charge in [-0.3, -0.25) is 0 Å². The first kappa shape index (κ1) is 14.5. The molecule has 1 aliphatic heterocycles. The maximum Gasteiger partial charge on any atom is 0.0712 e. The van der Waals surface area contributed by atoms with Crippen LogP contribution in [-0.4, -0.2) is 38.9 Å². The summed E-state index contributed by atoms with van der Waals surface area (Å²) in [7, 11) is 0. The van der Waals surface area contributed by atoms with Crippen molar-refractivity contribution in [3.63, 3.8) is 0 Å². The Labute approximate surface area is 116 Å². The Kier molecular flexibility index (Phi) is 5.83. The van der Waals surface area contributed by atoms with Crippen LogP contribution < -0.4 is 10.6 Å². The summed E-state index contributed by atoms with van der Waals surface area (Å²) in [6.45, 7) is 9.28. The number of rotatable bonds is 6. The summed E-state index contributed by atoms with van der Waals surface area (Å²) in [6.07, 6.45) is 2.59. The van der Waals surface area contributed by atoms with Crippen molar-refractivity contribution >= 4 is 0 Å². The van der Waals surface area contributed by atoms with Crippen molar-refractivity contribution < 1.29 is 4.74 Å². The number of hydrogen-bond acceptors (Lipinski definition) is 3. The Bertz CT molecular complexity index is 386. The molecule has 1 aromatic carbocycles. The van der Waals surface area contributed by atoms with Crippen LogP contribution in [0.25, 0.3) is 0 Å². The highest BCUT2D eigenvalue weighted by molar-refractivity contribution is 5.29. The summed E-state index contributed by atoms with van der Waals surface area (Å²) in [5, 5.41) is 6.87. The number of hydrogen-bond donors (Lipinski definition) is 2. The van der Waals surface area contributed by atoms with Gasteiger partial charge in [-0.2, -0.15) is 0 Å². The molecule has 1 atom stereocenters. The van der Waals surface area contributed by atoms with Crippen LogP contribution in [0.2, 0.25) is 0 Å². The van der Waals surface area contributed by atoms with Crippen molar-refractivity contribution in [1.29, 1.82) is 0 Å². The van der Waals surface area contributed by atoms with E-state index in [9.17, 15) is 0 Å². The molecule has 1 aromatic rings. The van der Waals surface area contributed by atoms with Crippen molar-refractivity contribution in [3.8, 4) is 0 Å². The average Bonchev–Trinajstić information content (AvgIpc) is 2.43. The second-order valence-corrected chi connectivity index (χ2v) is 5.40. The third kappa shape index (κ3) is 4.94. The molecule has 0 spiro atoms. The van der Waals surface area contributed by atoms with Gasteiger partial charge in [-0.1, -0.05) is 18.2 Å². The van der Waals surface area contributed by atoms with Gasteiger partial charge in [-0.25, -0.2) is 0 Å². The first-order valence-electron chi connectivity index (χ1n) is 7.35. The quantitative estimate of drug-likeness (QED) is 0.767. The molecule has 0 saturated carbocycles. The highest BCUT2D eigenvalue weighted by Crippen LogP contribution is 2.09. The topological polar surface area (TPSA) is 33.3 Å². The molecule has 0 aromatic heterocycles. The number of ether oxygens (including phenoxy) is 1. The normalized spacial score (nSPS) is 19.6. The third-order valence-electron chi connectivity index (χ3n) is 3.81. The number of morpholine rings is 1. The molecule has 2 N–H and O–H groups in total. The van der Waals surface area contributed by atoms with E-state index in [0.717, 1.165) is 45.6 Å². The Morgan fingerprint density at radius 1 is 1.26 bits per heavy atom. The van der Waals surface area contributed by atoms with Crippen molar-refractivity contribution in [2.75, 3.05) is 32.8 Å². The van der Waals surface area contributed by atoms with E-state index in [1.54, 1.807) is 0 Å². The zero-order valence-corrected chi connectivity index (χ0v) is 12.2. The highest BCUT2D eigenvalue weighted by atomic mass is 16.5. The molecule has 1 fully saturated rings. The van der Waals surface area contributed by atoms with Gasteiger partial charge in [-0.05, 0) is 56.5 Å². The van der Waals surface area contributed by atoms with Gasteiger partial charge in [-0.15, -0.1) is 0 Å². The van der Waals surface area contributed by atoms with E-state index in [1.807, 2.05) is 0 Å². The van der Waals surface area contributed by atoms with Crippen LogP contribution in [0.3, 0.4) is 0 Å². The minimum absolute atomic E-state index is 0.392. The zero-order valence-electron chi connectivity index (χ0n) is 12.2. The Morgan fingerprint density at radius 2 is 2.16 bits per heavy atom. The Balaban J connectivity index is 1.59. The van der Waals surface area contributed by atoms with E-state index in [2.05, 4.69) is 42.7 Å². The van der Waals surface area contributed by atoms with Crippen molar-refractivity contribution in [2.24, 2.45) is 0 Å². The maximum absolute atomic E-state index is 5.67. The van der Waals surface area contributed by atoms with E-state index >= 15 is 0 Å². The monoisotopic (exact) mass is 262 g/mol. The maximum atomic E-state index is 5.67. The fraction of sp³-hybridized carbons (Fsp3) is 0.625. The Morgan fingerprint density at radius 3 is 2.89 bits per heavy atom. The molecule has 3 nitrogen and oxygen atoms in total. The van der Waals surface area contributed by atoms with E-state index in [4.69, 9.17) is 4.74 Å². The third-order valence-corrected chi connectivity index (χ3v) is 3.81. The van der Waals surface area contributed by atoms with Crippen molar-refractivity contribution in [1.82, 2.24) is 10.6 Å². The molecule has 0 radical (unpaired) electrons. The summed E-state index contributed by atoms with van der Waals surface area (Å²) in [5.74, 6) is 0. The van der Waals surface area contributed by atoms with E-state index in [0.29, 0.717) is 6.10 Å². The molecule has 1 heterocycles. The molecule has 0 aliphatic carbocycles. The SMILES string of the molecule is Cc1ccc(CCNCCC2CNCCO2)cc1C. The number of nitrogens with one attached hydrogen (secondary N) is 2. The molecule has 19 heavy (non-hydrogen) atoms. The number of aryl methyl sites for hydroxylation is 2. The van der Waals surface area contributed by atoms with Gasteiger partial charge in [0.25, 0.3) is 0 Å². The zero-order chi connectivity index (χ0) is 13.5. The number of benzene rings is 1. The summed E-state index contributed by atoms with van der Waals surface area (Å²) in [6, 6.07) is 6.75. The first-order chi connectivity index (χ1) is 9.25. The predicted molar refractivity (Wildman–Crippen MR) is 79.7 cm³/mol. The molecular formula is C16H26N2O. The van der Waals surface area contributed by atoms with Crippen molar-refractivity contribution in [3.05, 3.63) is 34.9 Å². The summed E-state index contributed by atoms with van der Waals surface area (Å²) in [4.78, 5) is 0. The summed E-state index contributed by atoms with van der Waals surface area (Å²) < 4.78 is 5.67. The molecule has 106 valence electrons. The molecule has 0 amide bonds. The Hall–Kier alpha value is -0.900. The lowest BCUT2D eigenvalue weighted by Gasteiger charge is -2.23. The van der Waals surface area contributed by atoms with Crippen LogP contribution in [0, 0.1) is 13.8 Å². The lowest BCUT2D eigenvalue weighted by atomic mass is 10.0. The predicted octanol–water partition coefficient (Wildman–Crippen LogP) is 1.81. The van der Waals surface area contributed by atoms with Crippen LogP contribution in [-0.2, 0) is 11.2 Å². The van der Waals surface area contributed by atoms with E-state index in [1.165, 1.54) is 16.7 Å². The van der Waals surface area contributed by atoms with Gasteiger partial charge in [0.1, 0.15) is 0 Å². The van der Waals surface area contributed by atoms with E-state index < -0.39 is 0 Å². The van der Waals surface area contributed by atoms with Crippen LogP contribution in [0.5, 0.6) is 0 Å². The molecule has 0 bridgehead atoms. The van der Waals surface area contributed by atoms with Gasteiger partial charge >= 0.3 is 0 Å². The minimum Gasteiger partial charge on any atom is -0.376 e. The first-order valence-corrected chi connectivity index (χ1v) is 7.35. The van der Waals surface area contributed by atoms with Crippen LogP contribution in [0.15, 0.2) is 18.2 Å². The average molecular weight is 262 g/mol. The van der Waals surface area contributed by atoms with E-state index in [-0.39, 0.29) is 0 Å². The van der Waals surface area contributed by atoms with Gasteiger partial charge in [0.15, 0.2) is 0 Å².